The summed E-state index contributed by atoms with van der Waals surface area (Å²) >= 11 is 0. The molecule has 0 heterocycles. The Morgan fingerprint density at radius 1 is 1.40 bits per heavy atom. The molecule has 3 heteroatoms. The summed E-state index contributed by atoms with van der Waals surface area (Å²) in [5.74, 6) is 0.0363. The van der Waals surface area contributed by atoms with Crippen molar-refractivity contribution >= 4 is 11.6 Å². The Labute approximate surface area is 90.7 Å². The minimum absolute atomic E-state index is 0.0363. The molecule has 1 amide bonds. The predicted octanol–water partition coefficient (Wildman–Crippen LogP) is 1.98. The van der Waals surface area contributed by atoms with E-state index in [1.807, 2.05) is 32.0 Å². The van der Waals surface area contributed by atoms with Gasteiger partial charge < -0.3 is 11.1 Å². The Hall–Kier alpha value is -1.35. The van der Waals surface area contributed by atoms with Crippen LogP contribution in [0.15, 0.2) is 18.2 Å². The first-order chi connectivity index (χ1) is 7.13. The van der Waals surface area contributed by atoms with E-state index < -0.39 is 0 Å². The zero-order valence-electron chi connectivity index (χ0n) is 9.34. The second-order valence-corrected chi connectivity index (χ2v) is 3.76. The molecule has 0 bridgehead atoms. The van der Waals surface area contributed by atoms with Crippen LogP contribution in [0.4, 0.5) is 5.69 Å². The van der Waals surface area contributed by atoms with Crippen LogP contribution in [0, 0.1) is 13.8 Å². The van der Waals surface area contributed by atoms with Gasteiger partial charge in [-0.05, 0) is 44.0 Å². The van der Waals surface area contributed by atoms with Crippen LogP contribution in [0.3, 0.4) is 0 Å². The maximum absolute atomic E-state index is 11.5. The predicted molar refractivity (Wildman–Crippen MR) is 62.8 cm³/mol. The number of aryl methyl sites for hydroxylation is 2. The average Bonchev–Trinajstić information content (AvgIpc) is 2.20. The first kappa shape index (κ1) is 11.7. The zero-order chi connectivity index (χ0) is 11.3. The summed E-state index contributed by atoms with van der Waals surface area (Å²) in [6.07, 6.45) is 1.22. The highest BCUT2D eigenvalue weighted by Crippen LogP contribution is 2.16. The van der Waals surface area contributed by atoms with Crippen molar-refractivity contribution in [2.45, 2.75) is 26.7 Å². The van der Waals surface area contributed by atoms with Gasteiger partial charge in [0.15, 0.2) is 0 Å². The number of nitrogens with two attached hydrogens (primary N) is 1. The Kier molecular flexibility index (Phi) is 4.31. The molecule has 1 aromatic carbocycles. The van der Waals surface area contributed by atoms with Gasteiger partial charge in [-0.3, -0.25) is 4.79 Å². The van der Waals surface area contributed by atoms with Gasteiger partial charge in [-0.2, -0.15) is 0 Å². The number of carbonyl (C=O) groups is 1. The molecule has 0 aromatic heterocycles. The van der Waals surface area contributed by atoms with Crippen LogP contribution >= 0.6 is 0 Å². The van der Waals surface area contributed by atoms with Crippen molar-refractivity contribution in [3.8, 4) is 0 Å². The highest BCUT2D eigenvalue weighted by atomic mass is 16.1. The number of hydrogen-bond donors (Lipinski definition) is 2. The third-order valence-corrected chi connectivity index (χ3v) is 2.28. The highest BCUT2D eigenvalue weighted by Gasteiger charge is 2.03. The summed E-state index contributed by atoms with van der Waals surface area (Å²) < 4.78 is 0. The maximum Gasteiger partial charge on any atom is 0.224 e. The molecular formula is C12H18N2O. The first-order valence-corrected chi connectivity index (χ1v) is 5.20. The summed E-state index contributed by atoms with van der Waals surface area (Å²) in [5.41, 5.74) is 8.48. The number of anilines is 1. The fourth-order valence-corrected chi connectivity index (χ4v) is 1.35. The molecule has 0 saturated carbocycles. The minimum Gasteiger partial charge on any atom is -0.330 e. The third-order valence-electron chi connectivity index (χ3n) is 2.28. The monoisotopic (exact) mass is 206 g/mol. The van der Waals surface area contributed by atoms with E-state index in [1.165, 1.54) is 0 Å². The van der Waals surface area contributed by atoms with Crippen LogP contribution in [0.5, 0.6) is 0 Å². The molecule has 3 N–H and O–H groups in total. The molecule has 1 aromatic rings. The molecular weight excluding hydrogens is 188 g/mol. The number of amides is 1. The van der Waals surface area contributed by atoms with E-state index in [1.54, 1.807) is 0 Å². The Balaban J connectivity index is 2.63. The molecule has 0 atom stereocenters. The van der Waals surface area contributed by atoms with Crippen molar-refractivity contribution < 1.29 is 4.79 Å². The second kappa shape index (κ2) is 5.51. The SMILES string of the molecule is Cc1ccc(C)c(NC(=O)CCCN)c1. The van der Waals surface area contributed by atoms with E-state index >= 15 is 0 Å². The summed E-state index contributed by atoms with van der Waals surface area (Å²) in [7, 11) is 0. The first-order valence-electron chi connectivity index (χ1n) is 5.20. The molecule has 0 unspecified atom stereocenters. The van der Waals surface area contributed by atoms with Crippen LogP contribution in [-0.2, 0) is 4.79 Å². The molecule has 1 rings (SSSR count). The fraction of sp³-hybridized carbons (Fsp3) is 0.417. The summed E-state index contributed by atoms with van der Waals surface area (Å²) in [6.45, 7) is 4.55. The fourth-order valence-electron chi connectivity index (χ4n) is 1.35. The van der Waals surface area contributed by atoms with Crippen LogP contribution in [0.2, 0.25) is 0 Å². The van der Waals surface area contributed by atoms with Crippen molar-refractivity contribution in [1.82, 2.24) is 0 Å². The summed E-state index contributed by atoms with van der Waals surface area (Å²) in [4.78, 5) is 11.5. The molecule has 0 saturated heterocycles. The lowest BCUT2D eigenvalue weighted by Gasteiger charge is -2.08. The zero-order valence-corrected chi connectivity index (χ0v) is 9.34. The van der Waals surface area contributed by atoms with E-state index in [0.29, 0.717) is 13.0 Å². The van der Waals surface area contributed by atoms with Crippen molar-refractivity contribution in [2.24, 2.45) is 5.73 Å². The Morgan fingerprint density at radius 3 is 2.80 bits per heavy atom. The maximum atomic E-state index is 11.5. The third kappa shape index (κ3) is 3.72. The molecule has 0 fully saturated rings. The summed E-state index contributed by atoms with van der Waals surface area (Å²) in [5, 5.41) is 2.89. The topological polar surface area (TPSA) is 55.1 Å². The van der Waals surface area contributed by atoms with Gasteiger partial charge in [0, 0.05) is 12.1 Å². The molecule has 15 heavy (non-hydrogen) atoms. The number of nitrogens with one attached hydrogen (secondary N) is 1. The van der Waals surface area contributed by atoms with E-state index in [9.17, 15) is 4.79 Å². The second-order valence-electron chi connectivity index (χ2n) is 3.76. The lowest BCUT2D eigenvalue weighted by Crippen LogP contribution is -2.14. The van der Waals surface area contributed by atoms with Gasteiger partial charge in [0.2, 0.25) is 5.91 Å². The van der Waals surface area contributed by atoms with Gasteiger partial charge in [0.1, 0.15) is 0 Å². The van der Waals surface area contributed by atoms with Crippen LogP contribution in [-0.4, -0.2) is 12.5 Å². The Bertz CT molecular complexity index is 347. The largest absolute Gasteiger partial charge is 0.330 e. The lowest BCUT2D eigenvalue weighted by atomic mass is 10.1. The molecule has 3 nitrogen and oxygen atoms in total. The molecule has 0 spiro atoms. The number of rotatable bonds is 4. The van der Waals surface area contributed by atoms with Crippen molar-refractivity contribution in [1.29, 1.82) is 0 Å². The molecule has 0 aliphatic rings. The molecule has 82 valence electrons. The van der Waals surface area contributed by atoms with E-state index in [-0.39, 0.29) is 5.91 Å². The molecule has 0 aliphatic heterocycles. The normalized spacial score (nSPS) is 10.1. The molecule has 0 aliphatic carbocycles. The van der Waals surface area contributed by atoms with Crippen LogP contribution in [0.1, 0.15) is 24.0 Å². The van der Waals surface area contributed by atoms with Gasteiger partial charge in [0.05, 0.1) is 0 Å². The quantitative estimate of drug-likeness (QED) is 0.791. The smallest absolute Gasteiger partial charge is 0.224 e. The number of hydrogen-bond acceptors (Lipinski definition) is 2. The van der Waals surface area contributed by atoms with Gasteiger partial charge >= 0.3 is 0 Å². The Morgan fingerprint density at radius 2 is 2.13 bits per heavy atom. The minimum atomic E-state index is 0.0363. The summed E-state index contributed by atoms with van der Waals surface area (Å²) in [6, 6.07) is 6.02. The van der Waals surface area contributed by atoms with E-state index in [2.05, 4.69) is 5.32 Å². The van der Waals surface area contributed by atoms with Crippen LogP contribution < -0.4 is 11.1 Å². The van der Waals surface area contributed by atoms with Gasteiger partial charge in [-0.25, -0.2) is 0 Å². The number of benzene rings is 1. The van der Waals surface area contributed by atoms with Gasteiger partial charge in [0.25, 0.3) is 0 Å². The van der Waals surface area contributed by atoms with Gasteiger partial charge in [-0.15, -0.1) is 0 Å². The average molecular weight is 206 g/mol. The highest BCUT2D eigenvalue weighted by molar-refractivity contribution is 5.91. The van der Waals surface area contributed by atoms with Gasteiger partial charge in [-0.1, -0.05) is 12.1 Å². The standard InChI is InChI=1S/C12H18N2O/c1-9-5-6-10(2)11(8-9)14-12(15)4-3-7-13/h5-6,8H,3-4,7,13H2,1-2H3,(H,14,15). The molecule has 0 radical (unpaired) electrons. The number of carbonyl (C=O) groups excluding carboxylic acids is 1. The van der Waals surface area contributed by atoms with E-state index in [0.717, 1.165) is 23.2 Å². The van der Waals surface area contributed by atoms with Crippen molar-refractivity contribution in [3.05, 3.63) is 29.3 Å². The van der Waals surface area contributed by atoms with Crippen LogP contribution in [0.25, 0.3) is 0 Å². The van der Waals surface area contributed by atoms with E-state index in [4.69, 9.17) is 5.73 Å². The van der Waals surface area contributed by atoms with Crippen molar-refractivity contribution in [3.63, 3.8) is 0 Å². The van der Waals surface area contributed by atoms with Crippen molar-refractivity contribution in [2.75, 3.05) is 11.9 Å². The lowest BCUT2D eigenvalue weighted by molar-refractivity contribution is -0.116.